The van der Waals surface area contributed by atoms with Crippen LogP contribution in [-0.4, -0.2) is 43.6 Å². The van der Waals surface area contributed by atoms with Gasteiger partial charge in [-0.2, -0.15) is 0 Å². The molecular formula is C11H21N3O3S. The third-order valence-electron chi connectivity index (χ3n) is 2.45. The van der Waals surface area contributed by atoms with Crippen molar-refractivity contribution in [2.75, 3.05) is 26.8 Å². The van der Waals surface area contributed by atoms with Crippen molar-refractivity contribution in [2.45, 2.75) is 20.3 Å². The number of ether oxygens (including phenoxy) is 1. The lowest BCUT2D eigenvalue weighted by atomic mass is 9.92. The molecule has 0 rings (SSSR count). The molecule has 0 aromatic heterocycles. The SMILES string of the molecule is COCCNC(=O)CCNC(=O)C(C)(C)C(N)=S. The van der Waals surface area contributed by atoms with Crippen LogP contribution < -0.4 is 16.4 Å². The first-order valence-electron chi connectivity index (χ1n) is 5.66. The van der Waals surface area contributed by atoms with E-state index in [1.165, 1.54) is 0 Å². The van der Waals surface area contributed by atoms with Gasteiger partial charge in [0.2, 0.25) is 11.8 Å². The molecular weight excluding hydrogens is 254 g/mol. The number of amides is 2. The fourth-order valence-corrected chi connectivity index (χ4v) is 1.10. The Bertz CT molecular complexity index is 319. The highest BCUT2D eigenvalue weighted by molar-refractivity contribution is 7.80. The van der Waals surface area contributed by atoms with Crippen LogP contribution in [0, 0.1) is 5.41 Å². The summed E-state index contributed by atoms with van der Waals surface area (Å²) in [6, 6.07) is 0. The van der Waals surface area contributed by atoms with Crippen LogP contribution in [0.15, 0.2) is 0 Å². The van der Waals surface area contributed by atoms with Gasteiger partial charge in [0, 0.05) is 26.6 Å². The first-order valence-corrected chi connectivity index (χ1v) is 6.07. The number of methoxy groups -OCH3 is 1. The Hall–Kier alpha value is -1.21. The van der Waals surface area contributed by atoms with Gasteiger partial charge in [-0.1, -0.05) is 12.2 Å². The minimum atomic E-state index is -0.901. The molecule has 0 saturated heterocycles. The molecule has 0 unspecified atom stereocenters. The summed E-state index contributed by atoms with van der Waals surface area (Å²) < 4.78 is 4.79. The Morgan fingerprint density at radius 3 is 2.39 bits per heavy atom. The van der Waals surface area contributed by atoms with E-state index in [9.17, 15) is 9.59 Å². The maximum Gasteiger partial charge on any atom is 0.232 e. The van der Waals surface area contributed by atoms with Crippen molar-refractivity contribution in [1.29, 1.82) is 0 Å². The maximum absolute atomic E-state index is 11.7. The number of hydrogen-bond acceptors (Lipinski definition) is 4. The summed E-state index contributed by atoms with van der Waals surface area (Å²) in [7, 11) is 1.56. The summed E-state index contributed by atoms with van der Waals surface area (Å²) in [5, 5.41) is 5.28. The minimum Gasteiger partial charge on any atom is -0.392 e. The largest absolute Gasteiger partial charge is 0.392 e. The summed E-state index contributed by atoms with van der Waals surface area (Å²) >= 11 is 4.80. The van der Waals surface area contributed by atoms with Crippen molar-refractivity contribution in [3.05, 3.63) is 0 Å². The molecule has 0 aromatic carbocycles. The second-order valence-corrected chi connectivity index (χ2v) is 4.78. The molecule has 0 saturated carbocycles. The fourth-order valence-electron chi connectivity index (χ4n) is 1.00. The van der Waals surface area contributed by atoms with Crippen molar-refractivity contribution >= 4 is 29.0 Å². The molecule has 0 aromatic rings. The molecule has 104 valence electrons. The number of thiocarbonyl (C=S) groups is 1. The lowest BCUT2D eigenvalue weighted by molar-refractivity contribution is -0.126. The number of nitrogens with one attached hydrogen (secondary N) is 2. The molecule has 0 aliphatic heterocycles. The van der Waals surface area contributed by atoms with Gasteiger partial charge < -0.3 is 21.1 Å². The molecule has 0 heterocycles. The van der Waals surface area contributed by atoms with E-state index < -0.39 is 5.41 Å². The van der Waals surface area contributed by atoms with E-state index in [4.69, 9.17) is 22.7 Å². The Morgan fingerprint density at radius 2 is 1.89 bits per heavy atom. The van der Waals surface area contributed by atoms with Crippen LogP contribution in [0.5, 0.6) is 0 Å². The van der Waals surface area contributed by atoms with E-state index in [-0.39, 0.29) is 29.8 Å². The highest BCUT2D eigenvalue weighted by Gasteiger charge is 2.30. The quantitative estimate of drug-likeness (QED) is 0.413. The highest BCUT2D eigenvalue weighted by Crippen LogP contribution is 2.14. The number of nitrogens with two attached hydrogens (primary N) is 1. The van der Waals surface area contributed by atoms with Crippen LogP contribution in [0.3, 0.4) is 0 Å². The zero-order chi connectivity index (χ0) is 14.2. The first kappa shape index (κ1) is 16.8. The Labute approximate surface area is 113 Å². The molecule has 0 aliphatic rings. The third-order valence-corrected chi connectivity index (χ3v) is 2.96. The van der Waals surface area contributed by atoms with E-state index in [2.05, 4.69) is 10.6 Å². The topological polar surface area (TPSA) is 93.5 Å². The van der Waals surface area contributed by atoms with Gasteiger partial charge in [0.15, 0.2) is 0 Å². The number of hydrogen-bond donors (Lipinski definition) is 3. The van der Waals surface area contributed by atoms with Gasteiger partial charge >= 0.3 is 0 Å². The molecule has 0 spiro atoms. The van der Waals surface area contributed by atoms with Gasteiger partial charge in [0.05, 0.1) is 17.0 Å². The monoisotopic (exact) mass is 275 g/mol. The van der Waals surface area contributed by atoms with E-state index in [1.54, 1.807) is 21.0 Å². The summed E-state index contributed by atoms with van der Waals surface area (Å²) in [5.74, 6) is -0.417. The summed E-state index contributed by atoms with van der Waals surface area (Å²) in [5.41, 5.74) is 4.56. The van der Waals surface area contributed by atoms with Gasteiger partial charge in [-0.15, -0.1) is 0 Å². The Morgan fingerprint density at radius 1 is 1.28 bits per heavy atom. The first-order chi connectivity index (χ1) is 8.32. The van der Waals surface area contributed by atoms with Gasteiger partial charge in [-0.05, 0) is 13.8 Å². The molecule has 0 atom stereocenters. The van der Waals surface area contributed by atoms with Crippen molar-refractivity contribution in [1.82, 2.24) is 10.6 Å². The molecule has 4 N–H and O–H groups in total. The van der Waals surface area contributed by atoms with Gasteiger partial charge in [0.1, 0.15) is 0 Å². The average Bonchev–Trinajstić information content (AvgIpc) is 2.28. The lowest BCUT2D eigenvalue weighted by Gasteiger charge is -2.21. The molecule has 18 heavy (non-hydrogen) atoms. The van der Waals surface area contributed by atoms with E-state index in [0.29, 0.717) is 13.2 Å². The number of carbonyl (C=O) groups excluding carboxylic acids is 2. The normalized spacial score (nSPS) is 10.8. The Kier molecular flexibility index (Phi) is 7.45. The van der Waals surface area contributed by atoms with Gasteiger partial charge in [-0.25, -0.2) is 0 Å². The molecule has 0 radical (unpaired) electrons. The second-order valence-electron chi connectivity index (χ2n) is 4.34. The molecule has 2 amide bonds. The number of carbonyl (C=O) groups is 2. The molecule has 0 fully saturated rings. The van der Waals surface area contributed by atoms with Crippen LogP contribution in [0.4, 0.5) is 0 Å². The molecule has 0 bridgehead atoms. The molecule has 0 aliphatic carbocycles. The van der Waals surface area contributed by atoms with Crippen molar-refractivity contribution in [3.63, 3.8) is 0 Å². The van der Waals surface area contributed by atoms with Crippen LogP contribution >= 0.6 is 12.2 Å². The van der Waals surface area contributed by atoms with E-state index in [0.717, 1.165) is 0 Å². The fraction of sp³-hybridized carbons (Fsp3) is 0.727. The zero-order valence-electron chi connectivity index (χ0n) is 11.0. The van der Waals surface area contributed by atoms with Crippen molar-refractivity contribution in [2.24, 2.45) is 11.1 Å². The smallest absolute Gasteiger partial charge is 0.232 e. The Balaban J connectivity index is 3.88. The van der Waals surface area contributed by atoms with Crippen LogP contribution in [-0.2, 0) is 14.3 Å². The van der Waals surface area contributed by atoms with Crippen LogP contribution in [0.2, 0.25) is 0 Å². The highest BCUT2D eigenvalue weighted by atomic mass is 32.1. The average molecular weight is 275 g/mol. The second kappa shape index (κ2) is 7.99. The molecule has 7 heteroatoms. The van der Waals surface area contributed by atoms with Crippen molar-refractivity contribution in [3.8, 4) is 0 Å². The summed E-state index contributed by atoms with van der Waals surface area (Å²) in [6.45, 7) is 4.46. The van der Waals surface area contributed by atoms with E-state index in [1.807, 2.05) is 0 Å². The lowest BCUT2D eigenvalue weighted by Crippen LogP contribution is -2.45. The predicted octanol–water partition coefficient (Wildman–Crippen LogP) is -0.432. The van der Waals surface area contributed by atoms with Crippen LogP contribution in [0.1, 0.15) is 20.3 Å². The molecule has 6 nitrogen and oxygen atoms in total. The predicted molar refractivity (Wildman–Crippen MR) is 73.1 cm³/mol. The van der Waals surface area contributed by atoms with Crippen molar-refractivity contribution < 1.29 is 14.3 Å². The summed E-state index contributed by atoms with van der Waals surface area (Å²) in [4.78, 5) is 23.2. The van der Waals surface area contributed by atoms with Gasteiger partial charge in [0.25, 0.3) is 0 Å². The van der Waals surface area contributed by atoms with Gasteiger partial charge in [-0.3, -0.25) is 9.59 Å². The van der Waals surface area contributed by atoms with Crippen LogP contribution in [0.25, 0.3) is 0 Å². The number of rotatable bonds is 8. The summed E-state index contributed by atoms with van der Waals surface area (Å²) in [6.07, 6.45) is 0.211. The zero-order valence-corrected chi connectivity index (χ0v) is 11.9. The third kappa shape index (κ3) is 5.92. The minimum absolute atomic E-state index is 0.129. The maximum atomic E-state index is 11.7. The van der Waals surface area contributed by atoms with E-state index >= 15 is 0 Å². The standard InChI is InChI=1S/C11H21N3O3S/c1-11(2,9(12)18)10(16)14-5-4-8(15)13-6-7-17-3/h4-7H2,1-3H3,(H2,12,18)(H,13,15)(H,14,16).